The van der Waals surface area contributed by atoms with Crippen LogP contribution in [-0.4, -0.2) is 19.1 Å². The van der Waals surface area contributed by atoms with Gasteiger partial charge in [-0.25, -0.2) is 0 Å². The lowest BCUT2D eigenvalue weighted by Crippen LogP contribution is -2.31. The van der Waals surface area contributed by atoms with Gasteiger partial charge in [-0.05, 0) is 48.6 Å². The zero-order chi connectivity index (χ0) is 18.8. The van der Waals surface area contributed by atoms with Crippen LogP contribution in [0.5, 0.6) is 5.75 Å². The molecule has 4 heteroatoms. The van der Waals surface area contributed by atoms with E-state index in [4.69, 9.17) is 4.74 Å². The number of carbonyl (C=O) groups is 1. The number of rotatable bonds is 10. The summed E-state index contributed by atoms with van der Waals surface area (Å²) in [5.74, 6) is 1.41. The zero-order valence-corrected chi connectivity index (χ0v) is 16.0. The normalized spacial score (nSPS) is 12.0. The first-order chi connectivity index (χ1) is 12.6. The van der Waals surface area contributed by atoms with E-state index in [1.54, 1.807) is 0 Å². The Labute approximate surface area is 157 Å². The minimum atomic E-state index is -0.0483. The van der Waals surface area contributed by atoms with Crippen LogP contribution in [0.3, 0.4) is 0 Å². The highest BCUT2D eigenvalue weighted by Crippen LogP contribution is 2.17. The van der Waals surface area contributed by atoms with E-state index in [1.165, 1.54) is 5.56 Å². The Morgan fingerprint density at radius 3 is 2.35 bits per heavy atom. The molecule has 0 radical (unpaired) electrons. The highest BCUT2D eigenvalue weighted by molar-refractivity contribution is 5.92. The summed E-state index contributed by atoms with van der Waals surface area (Å²) < 4.78 is 5.69. The Balaban J connectivity index is 1.78. The molecule has 0 spiro atoms. The predicted octanol–water partition coefficient (Wildman–Crippen LogP) is 4.79. The summed E-state index contributed by atoms with van der Waals surface area (Å²) in [5.41, 5.74) is 1.98. The molecule has 1 unspecified atom stereocenters. The summed E-state index contributed by atoms with van der Waals surface area (Å²) in [6.45, 7) is 7.46. The standard InChI is InChI=1S/C22H30N2O2/c1-4-21(18-8-6-5-7-9-18)23-16-22(25)24-19-10-12-20(13-11-19)26-15-14-17(2)3/h5-13,17,21,23H,4,14-16H2,1-3H3,(H,24,25). The molecule has 140 valence electrons. The molecular weight excluding hydrogens is 324 g/mol. The Kier molecular flexibility index (Phi) is 8.16. The maximum Gasteiger partial charge on any atom is 0.238 e. The summed E-state index contributed by atoms with van der Waals surface area (Å²) >= 11 is 0. The number of hydrogen-bond donors (Lipinski definition) is 2. The molecule has 0 saturated heterocycles. The molecule has 26 heavy (non-hydrogen) atoms. The monoisotopic (exact) mass is 354 g/mol. The summed E-state index contributed by atoms with van der Waals surface area (Å²) in [6.07, 6.45) is 1.96. The highest BCUT2D eigenvalue weighted by atomic mass is 16.5. The number of hydrogen-bond acceptors (Lipinski definition) is 3. The van der Waals surface area contributed by atoms with Gasteiger partial charge in [-0.15, -0.1) is 0 Å². The van der Waals surface area contributed by atoms with Crippen molar-refractivity contribution < 1.29 is 9.53 Å². The van der Waals surface area contributed by atoms with Crippen LogP contribution in [-0.2, 0) is 4.79 Å². The topological polar surface area (TPSA) is 50.4 Å². The van der Waals surface area contributed by atoms with Crippen LogP contribution in [0.4, 0.5) is 5.69 Å². The first-order valence-electron chi connectivity index (χ1n) is 9.39. The number of carbonyl (C=O) groups excluding carboxylic acids is 1. The average molecular weight is 354 g/mol. The fourth-order valence-corrected chi connectivity index (χ4v) is 2.65. The average Bonchev–Trinajstić information content (AvgIpc) is 2.64. The molecule has 0 heterocycles. The van der Waals surface area contributed by atoms with Gasteiger partial charge in [-0.3, -0.25) is 4.79 Å². The summed E-state index contributed by atoms with van der Waals surface area (Å²) in [4.78, 5) is 12.2. The van der Waals surface area contributed by atoms with Crippen molar-refractivity contribution in [2.75, 3.05) is 18.5 Å². The largest absolute Gasteiger partial charge is 0.494 e. The second-order valence-corrected chi connectivity index (χ2v) is 6.86. The molecule has 0 aliphatic carbocycles. The predicted molar refractivity (Wildman–Crippen MR) is 107 cm³/mol. The van der Waals surface area contributed by atoms with Crippen molar-refractivity contribution in [3.8, 4) is 5.75 Å². The molecular formula is C22H30N2O2. The van der Waals surface area contributed by atoms with Crippen LogP contribution in [0.1, 0.15) is 45.2 Å². The van der Waals surface area contributed by atoms with E-state index < -0.39 is 0 Å². The van der Waals surface area contributed by atoms with E-state index in [2.05, 4.69) is 43.5 Å². The van der Waals surface area contributed by atoms with Crippen molar-refractivity contribution in [1.29, 1.82) is 0 Å². The Morgan fingerprint density at radius 1 is 1.04 bits per heavy atom. The number of amides is 1. The van der Waals surface area contributed by atoms with Crippen LogP contribution >= 0.6 is 0 Å². The van der Waals surface area contributed by atoms with Gasteiger partial charge in [0.1, 0.15) is 5.75 Å². The maximum atomic E-state index is 12.2. The van der Waals surface area contributed by atoms with Crippen molar-refractivity contribution in [2.45, 2.75) is 39.7 Å². The van der Waals surface area contributed by atoms with Gasteiger partial charge in [0.2, 0.25) is 5.91 Å². The smallest absolute Gasteiger partial charge is 0.238 e. The lowest BCUT2D eigenvalue weighted by atomic mass is 10.0. The third-order valence-corrected chi connectivity index (χ3v) is 4.22. The number of ether oxygens (including phenoxy) is 1. The molecule has 0 fully saturated rings. The SMILES string of the molecule is CCC(NCC(=O)Nc1ccc(OCCC(C)C)cc1)c1ccccc1. The van der Waals surface area contributed by atoms with Gasteiger partial charge in [0.25, 0.3) is 0 Å². The number of anilines is 1. The molecule has 2 rings (SSSR count). The van der Waals surface area contributed by atoms with Crippen molar-refractivity contribution in [3.05, 3.63) is 60.2 Å². The van der Waals surface area contributed by atoms with E-state index in [9.17, 15) is 4.79 Å². The van der Waals surface area contributed by atoms with Crippen LogP contribution in [0, 0.1) is 5.92 Å². The quantitative estimate of drug-likeness (QED) is 0.645. The molecule has 4 nitrogen and oxygen atoms in total. The van der Waals surface area contributed by atoms with Gasteiger partial charge in [0.05, 0.1) is 13.2 Å². The van der Waals surface area contributed by atoms with Crippen LogP contribution in [0.15, 0.2) is 54.6 Å². The summed E-state index contributed by atoms with van der Waals surface area (Å²) in [7, 11) is 0. The number of benzene rings is 2. The number of nitrogens with one attached hydrogen (secondary N) is 2. The summed E-state index contributed by atoms with van der Waals surface area (Å²) in [5, 5.41) is 6.24. The minimum absolute atomic E-state index is 0.0483. The van der Waals surface area contributed by atoms with Crippen molar-refractivity contribution in [2.24, 2.45) is 5.92 Å². The molecule has 0 bridgehead atoms. The fourth-order valence-electron chi connectivity index (χ4n) is 2.65. The van der Waals surface area contributed by atoms with Crippen molar-refractivity contribution in [1.82, 2.24) is 5.32 Å². The molecule has 2 N–H and O–H groups in total. The molecule has 1 amide bonds. The fraction of sp³-hybridized carbons (Fsp3) is 0.409. The molecule has 0 aliphatic heterocycles. The third kappa shape index (κ3) is 6.89. The van der Waals surface area contributed by atoms with Crippen LogP contribution in [0.2, 0.25) is 0 Å². The van der Waals surface area contributed by atoms with Gasteiger partial charge in [0.15, 0.2) is 0 Å². The molecule has 2 aromatic carbocycles. The van der Waals surface area contributed by atoms with Gasteiger partial charge in [-0.2, -0.15) is 0 Å². The van der Waals surface area contributed by atoms with Crippen molar-refractivity contribution >= 4 is 11.6 Å². The van der Waals surface area contributed by atoms with Gasteiger partial charge in [-0.1, -0.05) is 51.1 Å². The molecule has 0 saturated carbocycles. The van der Waals surface area contributed by atoms with E-state index in [0.717, 1.165) is 24.3 Å². The van der Waals surface area contributed by atoms with E-state index in [1.807, 2.05) is 42.5 Å². The first-order valence-corrected chi connectivity index (χ1v) is 9.39. The zero-order valence-electron chi connectivity index (χ0n) is 16.0. The Hall–Kier alpha value is -2.33. The lowest BCUT2D eigenvalue weighted by molar-refractivity contribution is -0.115. The molecule has 1 atom stereocenters. The molecule has 0 aliphatic rings. The second-order valence-electron chi connectivity index (χ2n) is 6.86. The first kappa shape index (κ1) is 20.0. The second kappa shape index (κ2) is 10.6. The molecule has 0 aromatic heterocycles. The van der Waals surface area contributed by atoms with Crippen LogP contribution in [0.25, 0.3) is 0 Å². The van der Waals surface area contributed by atoms with Gasteiger partial charge < -0.3 is 15.4 Å². The summed E-state index contributed by atoms with van der Waals surface area (Å²) in [6, 6.07) is 17.9. The third-order valence-electron chi connectivity index (χ3n) is 4.22. The Morgan fingerprint density at radius 2 is 1.73 bits per heavy atom. The van der Waals surface area contributed by atoms with Gasteiger partial charge >= 0.3 is 0 Å². The highest BCUT2D eigenvalue weighted by Gasteiger charge is 2.10. The minimum Gasteiger partial charge on any atom is -0.494 e. The maximum absolute atomic E-state index is 12.2. The van der Waals surface area contributed by atoms with Crippen LogP contribution < -0.4 is 15.4 Å². The van der Waals surface area contributed by atoms with Crippen molar-refractivity contribution in [3.63, 3.8) is 0 Å². The lowest BCUT2D eigenvalue weighted by Gasteiger charge is -2.17. The van der Waals surface area contributed by atoms with E-state index in [-0.39, 0.29) is 18.5 Å². The van der Waals surface area contributed by atoms with Gasteiger partial charge in [0, 0.05) is 11.7 Å². The molecule has 2 aromatic rings. The Bertz CT molecular complexity index is 654. The van der Waals surface area contributed by atoms with E-state index in [0.29, 0.717) is 12.5 Å². The van der Waals surface area contributed by atoms with E-state index >= 15 is 0 Å².